The summed E-state index contributed by atoms with van der Waals surface area (Å²) < 4.78 is 8.24. The molecule has 6 nitrogen and oxygen atoms in total. The van der Waals surface area contributed by atoms with Crippen LogP contribution >= 0.6 is 0 Å². The van der Waals surface area contributed by atoms with E-state index in [1.807, 2.05) is 6.33 Å². The third-order valence-electron chi connectivity index (χ3n) is 4.81. The van der Waals surface area contributed by atoms with Gasteiger partial charge in [0.15, 0.2) is 0 Å². The van der Waals surface area contributed by atoms with Crippen molar-refractivity contribution in [3.05, 3.63) is 48.0 Å². The SMILES string of the molecule is CC(C)n1cnnc1CN(C)C[C@H]1CN(Cc2ccccc2)CCCO1. The summed E-state index contributed by atoms with van der Waals surface area (Å²) in [5.41, 5.74) is 1.37. The van der Waals surface area contributed by atoms with E-state index in [0.717, 1.165) is 51.6 Å². The highest BCUT2D eigenvalue weighted by atomic mass is 16.5. The first-order valence-electron chi connectivity index (χ1n) is 9.56. The summed E-state index contributed by atoms with van der Waals surface area (Å²) >= 11 is 0. The molecule has 0 bridgehead atoms. The second-order valence-corrected chi connectivity index (χ2v) is 7.51. The summed E-state index contributed by atoms with van der Waals surface area (Å²) in [6.45, 7) is 9.89. The fourth-order valence-corrected chi connectivity index (χ4v) is 3.53. The zero-order chi connectivity index (χ0) is 18.4. The summed E-state index contributed by atoms with van der Waals surface area (Å²) in [6, 6.07) is 11.1. The molecule has 1 aliphatic rings. The van der Waals surface area contributed by atoms with Crippen LogP contribution in [0.1, 0.15) is 37.7 Å². The van der Waals surface area contributed by atoms with Crippen molar-refractivity contribution >= 4 is 0 Å². The molecule has 0 spiro atoms. The van der Waals surface area contributed by atoms with Crippen molar-refractivity contribution in [2.45, 2.75) is 45.5 Å². The zero-order valence-corrected chi connectivity index (χ0v) is 16.2. The van der Waals surface area contributed by atoms with Gasteiger partial charge in [-0.05, 0) is 32.9 Å². The fourth-order valence-electron chi connectivity index (χ4n) is 3.53. The predicted octanol–water partition coefficient (Wildman–Crippen LogP) is 2.58. The van der Waals surface area contributed by atoms with Gasteiger partial charge < -0.3 is 9.30 Å². The molecule has 1 aliphatic heterocycles. The molecule has 0 aliphatic carbocycles. The zero-order valence-electron chi connectivity index (χ0n) is 16.2. The van der Waals surface area contributed by atoms with Crippen LogP contribution in [0.4, 0.5) is 0 Å². The van der Waals surface area contributed by atoms with E-state index in [2.05, 4.69) is 75.8 Å². The number of ether oxygens (including phenoxy) is 1. The van der Waals surface area contributed by atoms with Gasteiger partial charge >= 0.3 is 0 Å². The fraction of sp³-hybridized carbons (Fsp3) is 0.600. The standard InChI is InChI=1S/C20H31N5O/c1-17(2)25-16-21-22-20(25)15-23(3)13-19-14-24(10-7-11-26-19)12-18-8-5-4-6-9-18/h4-6,8-9,16-17,19H,7,10-15H2,1-3H3/t19-/m0/s1. The molecule has 0 N–H and O–H groups in total. The van der Waals surface area contributed by atoms with E-state index in [1.54, 1.807) is 0 Å². The van der Waals surface area contributed by atoms with Gasteiger partial charge in [0.2, 0.25) is 0 Å². The van der Waals surface area contributed by atoms with Gasteiger partial charge in [-0.1, -0.05) is 30.3 Å². The van der Waals surface area contributed by atoms with Gasteiger partial charge in [0.05, 0.1) is 12.6 Å². The Bertz CT molecular complexity index is 657. The van der Waals surface area contributed by atoms with Crippen LogP contribution in [-0.2, 0) is 17.8 Å². The van der Waals surface area contributed by atoms with Gasteiger partial charge in [-0.15, -0.1) is 10.2 Å². The minimum absolute atomic E-state index is 0.224. The maximum atomic E-state index is 6.11. The molecule has 142 valence electrons. The van der Waals surface area contributed by atoms with Crippen LogP contribution in [-0.4, -0.2) is 64.0 Å². The highest BCUT2D eigenvalue weighted by Gasteiger charge is 2.21. The van der Waals surface area contributed by atoms with Gasteiger partial charge in [-0.2, -0.15) is 0 Å². The van der Waals surface area contributed by atoms with Crippen LogP contribution in [0.25, 0.3) is 0 Å². The lowest BCUT2D eigenvalue weighted by atomic mass is 10.2. The average Bonchev–Trinajstić information content (AvgIpc) is 2.96. The lowest BCUT2D eigenvalue weighted by Gasteiger charge is -2.27. The van der Waals surface area contributed by atoms with Crippen LogP contribution in [0.15, 0.2) is 36.7 Å². The number of hydrogen-bond acceptors (Lipinski definition) is 5. The van der Waals surface area contributed by atoms with Crippen LogP contribution in [0.5, 0.6) is 0 Å². The molecule has 3 rings (SSSR count). The van der Waals surface area contributed by atoms with E-state index >= 15 is 0 Å². The Labute approximate surface area is 156 Å². The van der Waals surface area contributed by atoms with Crippen molar-refractivity contribution in [1.82, 2.24) is 24.6 Å². The molecule has 2 aromatic rings. The minimum atomic E-state index is 0.224. The van der Waals surface area contributed by atoms with E-state index in [1.165, 1.54) is 5.56 Å². The third kappa shape index (κ3) is 5.37. The summed E-state index contributed by atoms with van der Waals surface area (Å²) in [4.78, 5) is 4.80. The molecule has 26 heavy (non-hydrogen) atoms. The van der Waals surface area contributed by atoms with Crippen molar-refractivity contribution in [2.24, 2.45) is 0 Å². The number of nitrogens with zero attached hydrogens (tertiary/aromatic N) is 5. The Morgan fingerprint density at radius 3 is 2.85 bits per heavy atom. The van der Waals surface area contributed by atoms with E-state index in [9.17, 15) is 0 Å². The Morgan fingerprint density at radius 1 is 1.27 bits per heavy atom. The molecule has 0 unspecified atom stereocenters. The molecule has 1 aromatic carbocycles. The number of rotatable bonds is 7. The van der Waals surface area contributed by atoms with Gasteiger partial charge in [-0.3, -0.25) is 9.80 Å². The second-order valence-electron chi connectivity index (χ2n) is 7.51. The van der Waals surface area contributed by atoms with E-state index < -0.39 is 0 Å². The molecule has 1 fully saturated rings. The Kier molecular flexibility index (Phi) is 6.77. The van der Waals surface area contributed by atoms with E-state index in [4.69, 9.17) is 4.74 Å². The second kappa shape index (κ2) is 9.26. The quantitative estimate of drug-likeness (QED) is 0.762. The predicted molar refractivity (Wildman–Crippen MR) is 103 cm³/mol. The lowest BCUT2D eigenvalue weighted by Crippen LogP contribution is -2.38. The van der Waals surface area contributed by atoms with Crippen LogP contribution in [0, 0.1) is 0 Å². The molecule has 1 aromatic heterocycles. The number of aromatic nitrogens is 3. The topological polar surface area (TPSA) is 46.4 Å². The van der Waals surface area contributed by atoms with Gasteiger partial charge in [0, 0.05) is 38.8 Å². The lowest BCUT2D eigenvalue weighted by molar-refractivity contribution is 0.0291. The minimum Gasteiger partial charge on any atom is -0.376 e. The Hall–Kier alpha value is -1.76. The summed E-state index contributed by atoms with van der Waals surface area (Å²) in [6.07, 6.45) is 3.13. The Balaban J connectivity index is 1.55. The molecule has 1 atom stereocenters. The van der Waals surface area contributed by atoms with Crippen LogP contribution in [0.2, 0.25) is 0 Å². The maximum Gasteiger partial charge on any atom is 0.147 e. The maximum absolute atomic E-state index is 6.11. The number of benzene rings is 1. The molecule has 0 amide bonds. The molecular formula is C20H31N5O. The number of likely N-dealkylation sites (N-methyl/N-ethyl adjacent to an activating group) is 1. The van der Waals surface area contributed by atoms with E-state index in [0.29, 0.717) is 6.04 Å². The van der Waals surface area contributed by atoms with Crippen molar-refractivity contribution in [1.29, 1.82) is 0 Å². The summed E-state index contributed by atoms with van der Waals surface area (Å²) in [5, 5.41) is 8.34. The molecule has 6 heteroatoms. The van der Waals surface area contributed by atoms with Gasteiger partial charge in [0.1, 0.15) is 12.2 Å². The van der Waals surface area contributed by atoms with Crippen molar-refractivity contribution in [2.75, 3.05) is 33.3 Å². The third-order valence-corrected chi connectivity index (χ3v) is 4.81. The molecular weight excluding hydrogens is 326 g/mol. The largest absolute Gasteiger partial charge is 0.376 e. The van der Waals surface area contributed by atoms with Crippen molar-refractivity contribution in [3.8, 4) is 0 Å². The highest BCUT2D eigenvalue weighted by Crippen LogP contribution is 2.13. The normalized spacial score (nSPS) is 19.2. The first-order chi connectivity index (χ1) is 12.6. The highest BCUT2D eigenvalue weighted by molar-refractivity contribution is 5.14. The molecule has 1 saturated heterocycles. The summed E-state index contributed by atoms with van der Waals surface area (Å²) in [7, 11) is 2.13. The monoisotopic (exact) mass is 357 g/mol. The average molecular weight is 358 g/mol. The summed E-state index contributed by atoms with van der Waals surface area (Å²) in [5.74, 6) is 1.01. The van der Waals surface area contributed by atoms with E-state index in [-0.39, 0.29) is 6.10 Å². The molecule has 0 radical (unpaired) electrons. The smallest absolute Gasteiger partial charge is 0.147 e. The molecule has 0 saturated carbocycles. The van der Waals surface area contributed by atoms with Crippen LogP contribution < -0.4 is 0 Å². The van der Waals surface area contributed by atoms with Gasteiger partial charge in [0.25, 0.3) is 0 Å². The van der Waals surface area contributed by atoms with Crippen molar-refractivity contribution < 1.29 is 4.74 Å². The first-order valence-corrected chi connectivity index (χ1v) is 9.56. The number of hydrogen-bond donors (Lipinski definition) is 0. The first kappa shape index (κ1) is 19.0. The van der Waals surface area contributed by atoms with Gasteiger partial charge in [-0.25, -0.2) is 0 Å². The molecule has 2 heterocycles. The van der Waals surface area contributed by atoms with Crippen LogP contribution in [0.3, 0.4) is 0 Å². The Morgan fingerprint density at radius 2 is 2.08 bits per heavy atom. The van der Waals surface area contributed by atoms with Crippen molar-refractivity contribution in [3.63, 3.8) is 0 Å².